The van der Waals surface area contributed by atoms with Crippen LogP contribution in [0.25, 0.3) is 0 Å². The average Bonchev–Trinajstić information content (AvgIpc) is 2.90. The maximum atomic E-state index is 8.95. The molecule has 0 aliphatic carbocycles. The van der Waals surface area contributed by atoms with Gasteiger partial charge in [-0.25, -0.2) is 0 Å². The highest BCUT2D eigenvalue weighted by atomic mass is 35.5. The Bertz CT molecular complexity index is 524. The zero-order valence-electron chi connectivity index (χ0n) is 9.74. The number of nitrogens with zero attached hydrogens (tertiary/aromatic N) is 2. The summed E-state index contributed by atoms with van der Waals surface area (Å²) in [5.74, 6) is 0. The van der Waals surface area contributed by atoms with Crippen molar-refractivity contribution in [3.05, 3.63) is 28.3 Å². The van der Waals surface area contributed by atoms with Crippen LogP contribution in [0.5, 0.6) is 0 Å². The molecule has 0 amide bonds. The Morgan fingerprint density at radius 1 is 1.33 bits per heavy atom. The molecule has 0 aromatic heterocycles. The number of nitriles is 2. The maximum Gasteiger partial charge on any atom is 0.101 e. The number of halogens is 1. The molecule has 1 aromatic rings. The van der Waals surface area contributed by atoms with E-state index in [4.69, 9.17) is 26.9 Å². The number of rotatable bonds is 3. The van der Waals surface area contributed by atoms with Gasteiger partial charge in [-0.2, -0.15) is 10.5 Å². The Hall–Kier alpha value is -1.75. The Morgan fingerprint density at radius 2 is 2.06 bits per heavy atom. The van der Waals surface area contributed by atoms with Crippen LogP contribution in [0.15, 0.2) is 12.1 Å². The average molecular weight is 262 g/mol. The number of hydrogen-bond acceptors (Lipinski definition) is 4. The number of anilines is 1. The largest absolute Gasteiger partial charge is 0.381 e. The predicted molar refractivity (Wildman–Crippen MR) is 68.3 cm³/mol. The van der Waals surface area contributed by atoms with E-state index in [0.29, 0.717) is 28.4 Å². The minimum Gasteiger partial charge on any atom is -0.381 e. The highest BCUT2D eigenvalue weighted by Crippen LogP contribution is 2.26. The summed E-state index contributed by atoms with van der Waals surface area (Å²) in [6, 6.07) is 7.06. The number of benzene rings is 1. The second-order valence-electron chi connectivity index (χ2n) is 4.12. The monoisotopic (exact) mass is 261 g/mol. The van der Waals surface area contributed by atoms with Crippen LogP contribution in [0.2, 0.25) is 5.02 Å². The molecule has 0 saturated carbocycles. The van der Waals surface area contributed by atoms with E-state index in [9.17, 15) is 0 Å². The number of hydrogen-bond donors (Lipinski definition) is 1. The van der Waals surface area contributed by atoms with Gasteiger partial charge in [0.05, 0.1) is 27.9 Å². The SMILES string of the molecule is N#Cc1cc(Cl)c(NC[C@H]2CCCO2)cc1C#N. The molecule has 0 spiro atoms. The van der Waals surface area contributed by atoms with Gasteiger partial charge in [-0.05, 0) is 25.0 Å². The summed E-state index contributed by atoms with van der Waals surface area (Å²) in [7, 11) is 0. The molecule has 1 aromatic carbocycles. The summed E-state index contributed by atoms with van der Waals surface area (Å²) in [6.07, 6.45) is 2.31. The van der Waals surface area contributed by atoms with Gasteiger partial charge >= 0.3 is 0 Å². The summed E-state index contributed by atoms with van der Waals surface area (Å²) >= 11 is 6.06. The molecule has 4 nitrogen and oxygen atoms in total. The summed E-state index contributed by atoms with van der Waals surface area (Å²) in [4.78, 5) is 0. The van der Waals surface area contributed by atoms with Crippen LogP contribution in [0.1, 0.15) is 24.0 Å². The normalized spacial score (nSPS) is 18.1. The van der Waals surface area contributed by atoms with Crippen molar-refractivity contribution in [1.82, 2.24) is 0 Å². The summed E-state index contributed by atoms with van der Waals surface area (Å²) in [6.45, 7) is 1.47. The molecule has 1 aliphatic rings. The van der Waals surface area contributed by atoms with Gasteiger partial charge in [0.2, 0.25) is 0 Å². The minimum atomic E-state index is 0.197. The van der Waals surface area contributed by atoms with Crippen LogP contribution < -0.4 is 5.32 Å². The molecule has 2 rings (SSSR count). The third-order valence-electron chi connectivity index (χ3n) is 2.89. The summed E-state index contributed by atoms with van der Waals surface area (Å²) in [5.41, 5.74) is 1.30. The lowest BCUT2D eigenvalue weighted by molar-refractivity contribution is 0.120. The molecule has 1 heterocycles. The summed E-state index contributed by atoms with van der Waals surface area (Å²) in [5, 5.41) is 21.4. The van der Waals surface area contributed by atoms with E-state index in [2.05, 4.69) is 5.32 Å². The van der Waals surface area contributed by atoms with Gasteiger partial charge in [-0.15, -0.1) is 0 Å². The van der Waals surface area contributed by atoms with E-state index in [0.717, 1.165) is 19.4 Å². The highest BCUT2D eigenvalue weighted by molar-refractivity contribution is 6.33. The second-order valence-corrected chi connectivity index (χ2v) is 4.52. The molecule has 92 valence electrons. The smallest absolute Gasteiger partial charge is 0.101 e. The van der Waals surface area contributed by atoms with Crippen molar-refractivity contribution in [2.75, 3.05) is 18.5 Å². The van der Waals surface area contributed by atoms with Gasteiger partial charge in [0.25, 0.3) is 0 Å². The van der Waals surface area contributed by atoms with Gasteiger partial charge in [0.15, 0.2) is 0 Å². The molecule has 18 heavy (non-hydrogen) atoms. The molecule has 5 heteroatoms. The molecule has 1 saturated heterocycles. The van der Waals surface area contributed by atoms with Crippen LogP contribution in [0.3, 0.4) is 0 Å². The second kappa shape index (κ2) is 5.73. The molecule has 1 N–H and O–H groups in total. The molecule has 0 bridgehead atoms. The van der Waals surface area contributed by atoms with E-state index in [1.165, 1.54) is 6.07 Å². The van der Waals surface area contributed by atoms with Crippen molar-refractivity contribution < 1.29 is 4.74 Å². The van der Waals surface area contributed by atoms with Crippen LogP contribution in [-0.2, 0) is 4.74 Å². The Balaban J connectivity index is 2.13. The van der Waals surface area contributed by atoms with E-state index < -0.39 is 0 Å². The van der Waals surface area contributed by atoms with Crippen molar-refractivity contribution >= 4 is 17.3 Å². The number of nitrogens with one attached hydrogen (secondary N) is 1. The molecule has 1 aliphatic heterocycles. The first-order valence-electron chi connectivity index (χ1n) is 5.74. The third-order valence-corrected chi connectivity index (χ3v) is 3.20. The zero-order chi connectivity index (χ0) is 13.0. The lowest BCUT2D eigenvalue weighted by Gasteiger charge is -2.13. The van der Waals surface area contributed by atoms with Crippen LogP contribution in [0, 0.1) is 22.7 Å². The third kappa shape index (κ3) is 2.73. The standard InChI is InChI=1S/C13H12ClN3O/c14-12-4-9(6-15)10(7-16)5-13(12)17-8-11-2-1-3-18-11/h4-5,11,17H,1-3,8H2/t11-/m1/s1. The van der Waals surface area contributed by atoms with Crippen LogP contribution in [0.4, 0.5) is 5.69 Å². The highest BCUT2D eigenvalue weighted by Gasteiger charge is 2.16. The van der Waals surface area contributed by atoms with E-state index >= 15 is 0 Å². The van der Waals surface area contributed by atoms with E-state index in [1.807, 2.05) is 12.1 Å². The number of ether oxygens (including phenoxy) is 1. The first-order valence-corrected chi connectivity index (χ1v) is 6.11. The van der Waals surface area contributed by atoms with Crippen LogP contribution >= 0.6 is 11.6 Å². The fraction of sp³-hybridized carbons (Fsp3) is 0.385. The predicted octanol–water partition coefficient (Wildman–Crippen LogP) is 2.67. The molecule has 1 atom stereocenters. The van der Waals surface area contributed by atoms with Gasteiger partial charge in [-0.1, -0.05) is 11.6 Å². The Labute approximate surface area is 111 Å². The lowest BCUT2D eigenvalue weighted by atomic mass is 10.1. The van der Waals surface area contributed by atoms with Gasteiger partial charge < -0.3 is 10.1 Å². The lowest BCUT2D eigenvalue weighted by Crippen LogP contribution is -2.18. The van der Waals surface area contributed by atoms with Crippen molar-refractivity contribution in [2.24, 2.45) is 0 Å². The minimum absolute atomic E-state index is 0.197. The molecule has 1 fully saturated rings. The van der Waals surface area contributed by atoms with Gasteiger partial charge in [0, 0.05) is 13.2 Å². The summed E-state index contributed by atoms with van der Waals surface area (Å²) < 4.78 is 5.49. The van der Waals surface area contributed by atoms with E-state index in [1.54, 1.807) is 6.07 Å². The topological polar surface area (TPSA) is 68.8 Å². The molecule has 0 radical (unpaired) electrons. The first-order chi connectivity index (χ1) is 8.74. The zero-order valence-corrected chi connectivity index (χ0v) is 10.5. The van der Waals surface area contributed by atoms with Crippen molar-refractivity contribution in [3.63, 3.8) is 0 Å². The van der Waals surface area contributed by atoms with Crippen molar-refractivity contribution in [2.45, 2.75) is 18.9 Å². The molecular weight excluding hydrogens is 250 g/mol. The molecular formula is C13H12ClN3O. The van der Waals surface area contributed by atoms with Crippen molar-refractivity contribution in [3.8, 4) is 12.1 Å². The maximum absolute atomic E-state index is 8.95. The van der Waals surface area contributed by atoms with E-state index in [-0.39, 0.29) is 6.10 Å². The van der Waals surface area contributed by atoms with Crippen molar-refractivity contribution in [1.29, 1.82) is 10.5 Å². The molecule has 0 unspecified atom stereocenters. The van der Waals surface area contributed by atoms with Gasteiger partial charge in [-0.3, -0.25) is 0 Å². The fourth-order valence-electron chi connectivity index (χ4n) is 1.92. The van der Waals surface area contributed by atoms with Crippen LogP contribution in [-0.4, -0.2) is 19.3 Å². The quantitative estimate of drug-likeness (QED) is 0.908. The Kier molecular flexibility index (Phi) is 4.04. The first kappa shape index (κ1) is 12.7. The van der Waals surface area contributed by atoms with Gasteiger partial charge in [0.1, 0.15) is 12.1 Å². The fourth-order valence-corrected chi connectivity index (χ4v) is 2.15. The Morgan fingerprint density at radius 3 is 2.67 bits per heavy atom.